The van der Waals surface area contributed by atoms with Crippen molar-refractivity contribution in [3.63, 3.8) is 0 Å². The lowest BCUT2D eigenvalue weighted by atomic mass is 10.4. The number of hydrogen-bond donors (Lipinski definition) is 1. The molecule has 0 aromatic carbocycles. The molecule has 9 nitrogen and oxygen atoms in total. The van der Waals surface area contributed by atoms with E-state index in [4.69, 9.17) is 10.00 Å². The molecule has 0 bridgehead atoms. The van der Waals surface area contributed by atoms with Gasteiger partial charge in [-0.3, -0.25) is 9.36 Å². The summed E-state index contributed by atoms with van der Waals surface area (Å²) in [6, 6.07) is 1.98. The first-order chi connectivity index (χ1) is 11.2. The van der Waals surface area contributed by atoms with Gasteiger partial charge in [-0.1, -0.05) is 0 Å². The van der Waals surface area contributed by atoms with E-state index in [1.165, 1.54) is 4.57 Å². The lowest BCUT2D eigenvalue weighted by Crippen LogP contribution is -2.44. The second-order valence-electron chi connectivity index (χ2n) is 5.27. The van der Waals surface area contributed by atoms with Crippen molar-refractivity contribution in [3.8, 4) is 12.1 Å². The third-order valence-corrected chi connectivity index (χ3v) is 3.91. The predicted molar refractivity (Wildman–Crippen MR) is 84.6 cm³/mol. The van der Waals surface area contributed by atoms with Crippen molar-refractivity contribution in [3.05, 3.63) is 10.4 Å². The van der Waals surface area contributed by atoms with Gasteiger partial charge < -0.3 is 19.5 Å². The van der Waals surface area contributed by atoms with Gasteiger partial charge >= 0.3 is 6.01 Å². The zero-order chi connectivity index (χ0) is 16.4. The Morgan fingerprint density at radius 2 is 2.09 bits per heavy atom. The number of nitriles is 1. The van der Waals surface area contributed by atoms with Crippen LogP contribution in [-0.2, 0) is 13.6 Å². The van der Waals surface area contributed by atoms with Crippen LogP contribution in [0.1, 0.15) is 6.92 Å². The van der Waals surface area contributed by atoms with Crippen LogP contribution in [0.2, 0.25) is 0 Å². The van der Waals surface area contributed by atoms with Crippen molar-refractivity contribution >= 4 is 17.1 Å². The number of imidazole rings is 1. The fourth-order valence-corrected chi connectivity index (χ4v) is 2.76. The van der Waals surface area contributed by atoms with Gasteiger partial charge in [0.2, 0.25) is 5.95 Å². The number of rotatable bonds is 4. The van der Waals surface area contributed by atoms with Gasteiger partial charge in [0.05, 0.1) is 0 Å². The maximum absolute atomic E-state index is 12.7. The molecule has 1 aliphatic rings. The summed E-state index contributed by atoms with van der Waals surface area (Å²) in [5.74, 6) is 0.756. The maximum Gasteiger partial charge on any atom is 0.302 e. The Morgan fingerprint density at radius 3 is 2.74 bits per heavy atom. The minimum atomic E-state index is -0.223. The zero-order valence-electron chi connectivity index (χ0n) is 13.2. The van der Waals surface area contributed by atoms with Crippen molar-refractivity contribution in [1.29, 1.82) is 5.26 Å². The molecule has 2 aromatic rings. The van der Waals surface area contributed by atoms with E-state index in [0.29, 0.717) is 17.7 Å². The normalized spacial score (nSPS) is 14.9. The number of aryl methyl sites for hydroxylation is 1. The van der Waals surface area contributed by atoms with E-state index in [1.807, 2.05) is 17.6 Å². The average Bonchev–Trinajstić information content (AvgIpc) is 2.96. The molecule has 3 rings (SSSR count). The molecule has 0 aliphatic carbocycles. The van der Waals surface area contributed by atoms with E-state index >= 15 is 0 Å². The zero-order valence-corrected chi connectivity index (χ0v) is 13.2. The molecule has 0 saturated carbocycles. The van der Waals surface area contributed by atoms with Crippen LogP contribution < -0.4 is 20.5 Å². The Labute approximate surface area is 133 Å². The summed E-state index contributed by atoms with van der Waals surface area (Å²) in [6.07, 6.45) is 0. The van der Waals surface area contributed by atoms with E-state index in [0.717, 1.165) is 32.1 Å². The molecular weight excluding hydrogens is 298 g/mol. The Kier molecular flexibility index (Phi) is 4.16. The summed E-state index contributed by atoms with van der Waals surface area (Å²) in [4.78, 5) is 23.7. The second-order valence-corrected chi connectivity index (χ2v) is 5.27. The van der Waals surface area contributed by atoms with Crippen LogP contribution in [0.25, 0.3) is 11.2 Å². The molecule has 1 fully saturated rings. The summed E-state index contributed by atoms with van der Waals surface area (Å²) < 4.78 is 8.43. The number of nitrogens with one attached hydrogen (secondary N) is 1. The van der Waals surface area contributed by atoms with Crippen molar-refractivity contribution in [1.82, 2.24) is 24.4 Å². The molecule has 0 spiro atoms. The average molecular weight is 317 g/mol. The Hall–Kier alpha value is -2.60. The monoisotopic (exact) mass is 317 g/mol. The Morgan fingerprint density at radius 1 is 1.35 bits per heavy atom. The first kappa shape index (κ1) is 15.3. The highest BCUT2D eigenvalue weighted by atomic mass is 16.5. The Bertz CT molecular complexity index is 811. The molecule has 0 atom stereocenters. The smallest absolute Gasteiger partial charge is 0.302 e. The molecule has 0 radical (unpaired) electrons. The van der Waals surface area contributed by atoms with Crippen LogP contribution in [0, 0.1) is 11.3 Å². The van der Waals surface area contributed by atoms with Crippen LogP contribution in [0.15, 0.2) is 4.79 Å². The van der Waals surface area contributed by atoms with Crippen LogP contribution in [0.4, 0.5) is 5.95 Å². The summed E-state index contributed by atoms with van der Waals surface area (Å²) in [5, 5.41) is 11.9. The highest BCUT2D eigenvalue weighted by Crippen LogP contribution is 2.21. The van der Waals surface area contributed by atoms with Crippen molar-refractivity contribution in [2.45, 2.75) is 13.5 Å². The van der Waals surface area contributed by atoms with E-state index in [2.05, 4.69) is 20.2 Å². The van der Waals surface area contributed by atoms with E-state index in [9.17, 15) is 4.79 Å². The standard InChI is InChI=1S/C14H19N7O2/c1-3-21-10-11(17-13(21)20-7-5-16-6-8-20)18-14(23-9-4-15)19(2)12(10)22/h16H,3,5-9H2,1-2H3. The lowest BCUT2D eigenvalue weighted by molar-refractivity contribution is 0.320. The third-order valence-electron chi connectivity index (χ3n) is 3.91. The topological polar surface area (TPSA) is 101 Å². The van der Waals surface area contributed by atoms with Gasteiger partial charge in [0.1, 0.15) is 6.07 Å². The number of hydrogen-bond acceptors (Lipinski definition) is 7. The number of piperazine rings is 1. The van der Waals surface area contributed by atoms with Crippen LogP contribution in [0.3, 0.4) is 0 Å². The largest absolute Gasteiger partial charge is 0.449 e. The van der Waals surface area contributed by atoms with E-state index in [-0.39, 0.29) is 18.2 Å². The van der Waals surface area contributed by atoms with Gasteiger partial charge in [0.25, 0.3) is 5.56 Å². The fourth-order valence-electron chi connectivity index (χ4n) is 2.76. The Balaban J connectivity index is 2.15. The summed E-state index contributed by atoms with van der Waals surface area (Å²) in [6.45, 7) is 5.88. The lowest BCUT2D eigenvalue weighted by Gasteiger charge is -2.28. The number of ether oxygens (including phenoxy) is 1. The first-order valence-electron chi connectivity index (χ1n) is 7.60. The number of nitrogens with zero attached hydrogens (tertiary/aromatic N) is 6. The summed E-state index contributed by atoms with van der Waals surface area (Å²) >= 11 is 0. The van der Waals surface area contributed by atoms with Gasteiger partial charge in [-0.05, 0) is 6.92 Å². The SMILES string of the molecule is CCn1c(N2CCNCC2)nc2nc(OCC#N)n(C)c(=O)c21. The van der Waals surface area contributed by atoms with Gasteiger partial charge in [-0.25, -0.2) is 0 Å². The number of fused-ring (bicyclic) bond motifs is 1. The van der Waals surface area contributed by atoms with Gasteiger partial charge in [-0.15, -0.1) is 0 Å². The number of anilines is 1. The molecule has 23 heavy (non-hydrogen) atoms. The molecule has 1 aliphatic heterocycles. The van der Waals surface area contributed by atoms with Crippen LogP contribution in [-0.4, -0.2) is 51.9 Å². The number of aromatic nitrogens is 4. The molecule has 1 saturated heterocycles. The minimum Gasteiger partial charge on any atom is -0.449 e. The van der Waals surface area contributed by atoms with E-state index in [1.54, 1.807) is 7.05 Å². The van der Waals surface area contributed by atoms with Gasteiger partial charge in [0, 0.05) is 39.8 Å². The van der Waals surface area contributed by atoms with Crippen molar-refractivity contribution in [2.75, 3.05) is 37.7 Å². The quantitative estimate of drug-likeness (QED) is 0.808. The van der Waals surface area contributed by atoms with Crippen molar-refractivity contribution < 1.29 is 4.74 Å². The van der Waals surface area contributed by atoms with Gasteiger partial charge in [0.15, 0.2) is 17.8 Å². The third kappa shape index (κ3) is 2.61. The van der Waals surface area contributed by atoms with Gasteiger partial charge in [-0.2, -0.15) is 15.2 Å². The molecule has 2 aromatic heterocycles. The summed E-state index contributed by atoms with van der Waals surface area (Å²) in [7, 11) is 1.58. The maximum atomic E-state index is 12.7. The fraction of sp³-hybridized carbons (Fsp3) is 0.571. The molecule has 122 valence electrons. The first-order valence-corrected chi connectivity index (χ1v) is 7.60. The highest BCUT2D eigenvalue weighted by Gasteiger charge is 2.22. The molecule has 9 heteroatoms. The van der Waals surface area contributed by atoms with Crippen LogP contribution in [0.5, 0.6) is 6.01 Å². The van der Waals surface area contributed by atoms with Crippen molar-refractivity contribution in [2.24, 2.45) is 7.05 Å². The minimum absolute atomic E-state index is 0.108. The molecule has 0 amide bonds. The molecule has 1 N–H and O–H groups in total. The second kappa shape index (κ2) is 6.26. The van der Waals surface area contributed by atoms with Crippen LogP contribution >= 0.6 is 0 Å². The summed E-state index contributed by atoms with van der Waals surface area (Å²) in [5.41, 5.74) is 0.600. The predicted octanol–water partition coefficient (Wildman–Crippen LogP) is -0.538. The molecule has 0 unspecified atom stereocenters. The van der Waals surface area contributed by atoms with E-state index < -0.39 is 0 Å². The molecule has 3 heterocycles. The highest BCUT2D eigenvalue weighted by molar-refractivity contribution is 5.74. The molecular formula is C14H19N7O2.